The average Bonchev–Trinajstić information content (AvgIpc) is 2.70. The number of methoxy groups -OCH3 is 4. The van der Waals surface area contributed by atoms with E-state index in [2.05, 4.69) is 10.0 Å². The number of hydrogen-bond acceptors (Lipinski definition) is 5. The summed E-state index contributed by atoms with van der Waals surface area (Å²) in [5.74, 6) is 2.50. The van der Waals surface area contributed by atoms with Crippen LogP contribution in [0.2, 0.25) is 0 Å². The summed E-state index contributed by atoms with van der Waals surface area (Å²) in [5, 5.41) is 4.03. The van der Waals surface area contributed by atoms with Gasteiger partial charge in [0.15, 0.2) is 23.0 Å². The van der Waals surface area contributed by atoms with Gasteiger partial charge in [-0.3, -0.25) is 0 Å². The van der Waals surface area contributed by atoms with E-state index in [0.717, 1.165) is 22.3 Å². The second kappa shape index (κ2) is 7.93. The minimum absolute atomic E-state index is 0.397. The maximum Gasteiger partial charge on any atom is 0.161 e. The molecule has 2 aromatic rings. The van der Waals surface area contributed by atoms with Gasteiger partial charge in [-0.1, -0.05) is 17.3 Å². The number of fused-ring (bicyclic) bond motifs is 2. The predicted molar refractivity (Wildman–Crippen MR) is 104 cm³/mol. The molecule has 0 amide bonds. The third kappa shape index (κ3) is 3.50. The Morgan fingerprint density at radius 3 is 1.93 bits per heavy atom. The molecule has 1 unspecified atom stereocenters. The van der Waals surface area contributed by atoms with Crippen LogP contribution in [0.4, 0.5) is 0 Å². The summed E-state index contributed by atoms with van der Waals surface area (Å²) in [5.41, 5.74) is 12.9. The van der Waals surface area contributed by atoms with Gasteiger partial charge in [0.2, 0.25) is 0 Å². The van der Waals surface area contributed by atoms with Gasteiger partial charge in [-0.15, -0.1) is 0 Å². The highest BCUT2D eigenvalue weighted by Gasteiger charge is 2.22. The van der Waals surface area contributed by atoms with E-state index >= 15 is 0 Å². The van der Waals surface area contributed by atoms with Gasteiger partial charge in [0.25, 0.3) is 0 Å². The van der Waals surface area contributed by atoms with Crippen molar-refractivity contribution < 1.29 is 18.9 Å². The van der Waals surface area contributed by atoms with Gasteiger partial charge >= 0.3 is 0 Å². The summed E-state index contributed by atoms with van der Waals surface area (Å²) < 4.78 is 21.6. The van der Waals surface area contributed by atoms with Crippen molar-refractivity contribution >= 4 is 12.2 Å². The molecular formula is C20H21N3O4. The highest BCUT2D eigenvalue weighted by atomic mass is 16.5. The minimum atomic E-state index is -0.397. The lowest BCUT2D eigenvalue weighted by molar-refractivity contribution is 0.353. The quantitative estimate of drug-likeness (QED) is 0.431. The van der Waals surface area contributed by atoms with E-state index in [1.165, 1.54) is 0 Å². The highest BCUT2D eigenvalue weighted by molar-refractivity contribution is 5.77. The Hall–Kier alpha value is -3.31. The summed E-state index contributed by atoms with van der Waals surface area (Å²) in [6.45, 7) is 0. The van der Waals surface area contributed by atoms with E-state index in [0.29, 0.717) is 29.4 Å². The Kier molecular flexibility index (Phi) is 5.43. The zero-order valence-corrected chi connectivity index (χ0v) is 15.7. The average molecular weight is 367 g/mol. The first-order valence-corrected chi connectivity index (χ1v) is 8.38. The summed E-state index contributed by atoms with van der Waals surface area (Å²) in [4.78, 5) is 3.05. The second-order valence-electron chi connectivity index (χ2n) is 6.00. The molecule has 7 nitrogen and oxygen atoms in total. The first kappa shape index (κ1) is 18.5. The van der Waals surface area contributed by atoms with E-state index in [1.807, 2.05) is 36.4 Å². The van der Waals surface area contributed by atoms with Gasteiger partial charge < -0.3 is 18.9 Å². The molecule has 0 N–H and O–H groups in total. The minimum Gasteiger partial charge on any atom is -0.493 e. The van der Waals surface area contributed by atoms with Crippen LogP contribution in [0.3, 0.4) is 0 Å². The Bertz CT molecular complexity index is 933. The van der Waals surface area contributed by atoms with Gasteiger partial charge in [-0.2, -0.15) is 0 Å². The molecule has 0 saturated heterocycles. The fraction of sp³-hybridized carbons (Fsp3) is 0.300. The molecule has 0 spiro atoms. The number of ether oxygens (including phenoxy) is 4. The molecule has 0 aromatic heterocycles. The summed E-state index contributed by atoms with van der Waals surface area (Å²) in [6.07, 6.45) is 4.50. The maximum atomic E-state index is 9.10. The third-order valence-corrected chi connectivity index (χ3v) is 4.64. The van der Waals surface area contributed by atoms with Gasteiger partial charge in [0, 0.05) is 4.91 Å². The molecule has 140 valence electrons. The molecule has 2 aromatic carbocycles. The van der Waals surface area contributed by atoms with E-state index < -0.39 is 6.04 Å². The van der Waals surface area contributed by atoms with E-state index in [-0.39, 0.29) is 0 Å². The lowest BCUT2D eigenvalue weighted by atomic mass is 9.89. The van der Waals surface area contributed by atoms with Crippen molar-refractivity contribution in [3.8, 4) is 23.0 Å². The van der Waals surface area contributed by atoms with Crippen LogP contribution in [-0.2, 0) is 6.42 Å². The zero-order chi connectivity index (χ0) is 19.4. The van der Waals surface area contributed by atoms with Gasteiger partial charge in [0.05, 0.1) is 34.5 Å². The molecule has 1 aliphatic rings. The monoisotopic (exact) mass is 367 g/mol. The second-order valence-corrected chi connectivity index (χ2v) is 6.00. The molecule has 0 aliphatic heterocycles. The van der Waals surface area contributed by atoms with Gasteiger partial charge in [-0.05, 0) is 58.5 Å². The molecule has 1 atom stereocenters. The van der Waals surface area contributed by atoms with Crippen molar-refractivity contribution in [1.82, 2.24) is 0 Å². The van der Waals surface area contributed by atoms with Crippen LogP contribution < -0.4 is 18.9 Å². The van der Waals surface area contributed by atoms with Crippen LogP contribution in [0.15, 0.2) is 29.4 Å². The zero-order valence-electron chi connectivity index (χ0n) is 15.7. The molecule has 3 rings (SSSR count). The van der Waals surface area contributed by atoms with E-state index in [1.54, 1.807) is 28.4 Å². The highest BCUT2D eigenvalue weighted by Crippen LogP contribution is 2.40. The van der Waals surface area contributed by atoms with Crippen LogP contribution in [0, 0.1) is 0 Å². The van der Waals surface area contributed by atoms with Crippen molar-refractivity contribution in [2.24, 2.45) is 5.11 Å². The van der Waals surface area contributed by atoms with Crippen LogP contribution in [0.5, 0.6) is 23.0 Å². The topological polar surface area (TPSA) is 85.7 Å². The fourth-order valence-corrected chi connectivity index (χ4v) is 3.28. The van der Waals surface area contributed by atoms with Crippen LogP contribution in [0.1, 0.15) is 28.3 Å². The molecule has 1 aliphatic carbocycles. The van der Waals surface area contributed by atoms with Crippen molar-refractivity contribution in [2.75, 3.05) is 28.4 Å². The molecule has 0 saturated carbocycles. The lowest BCUT2D eigenvalue weighted by Gasteiger charge is -2.22. The Morgan fingerprint density at radius 1 is 0.815 bits per heavy atom. The molecule has 0 heterocycles. The first-order valence-electron chi connectivity index (χ1n) is 8.38. The van der Waals surface area contributed by atoms with Crippen LogP contribution in [-0.4, -0.2) is 28.4 Å². The van der Waals surface area contributed by atoms with Gasteiger partial charge in [-0.25, -0.2) is 0 Å². The third-order valence-electron chi connectivity index (χ3n) is 4.64. The summed E-state index contributed by atoms with van der Waals surface area (Å²) >= 11 is 0. The lowest BCUT2D eigenvalue weighted by Crippen LogP contribution is -2.07. The molecule has 0 fully saturated rings. The molecule has 0 bridgehead atoms. The number of azide groups is 1. The van der Waals surface area contributed by atoms with Gasteiger partial charge in [0.1, 0.15) is 0 Å². The standard InChI is InChI=1S/C20H21N3O4/c1-24-17-8-12-5-6-13-9-18(25-2)20(27-4)11-15(13)16(22-23-21)7-14(12)10-19(17)26-3/h5-6,8-11,16H,7H2,1-4H3/b6-5-. The molecule has 0 radical (unpaired) electrons. The summed E-state index contributed by atoms with van der Waals surface area (Å²) in [7, 11) is 6.37. The molecule has 27 heavy (non-hydrogen) atoms. The van der Waals surface area contributed by atoms with Crippen LogP contribution in [0.25, 0.3) is 22.6 Å². The van der Waals surface area contributed by atoms with Crippen molar-refractivity contribution in [3.05, 3.63) is 57.0 Å². The molecular weight excluding hydrogens is 346 g/mol. The normalized spacial score (nSPS) is 15.9. The van der Waals surface area contributed by atoms with Crippen molar-refractivity contribution in [2.45, 2.75) is 12.5 Å². The smallest absolute Gasteiger partial charge is 0.161 e. The summed E-state index contributed by atoms with van der Waals surface area (Å²) in [6, 6.07) is 7.19. The number of rotatable bonds is 5. The number of nitrogens with zero attached hydrogens (tertiary/aromatic N) is 3. The van der Waals surface area contributed by atoms with Crippen molar-refractivity contribution in [1.29, 1.82) is 0 Å². The van der Waals surface area contributed by atoms with E-state index in [4.69, 9.17) is 24.5 Å². The SMILES string of the molecule is COc1cc2c(cc1OC)CC(N=[N+]=[N-])c1cc(OC)c(OC)cc1/C=C\2. The predicted octanol–water partition coefficient (Wildman–Crippen LogP) is 4.80. The Labute approximate surface area is 157 Å². The largest absolute Gasteiger partial charge is 0.493 e. The molecule has 7 heteroatoms. The Balaban J connectivity index is 2.22. The first-order chi connectivity index (χ1) is 13.1. The Morgan fingerprint density at radius 2 is 1.33 bits per heavy atom. The van der Waals surface area contributed by atoms with E-state index in [9.17, 15) is 0 Å². The van der Waals surface area contributed by atoms with Crippen LogP contribution >= 0.6 is 0 Å². The van der Waals surface area contributed by atoms with Crippen molar-refractivity contribution in [3.63, 3.8) is 0 Å². The fourth-order valence-electron chi connectivity index (χ4n) is 3.28. The number of hydrogen-bond donors (Lipinski definition) is 0. The maximum absolute atomic E-state index is 9.10. The number of benzene rings is 2.